The van der Waals surface area contributed by atoms with Gasteiger partial charge in [-0.25, -0.2) is 0 Å². The summed E-state index contributed by atoms with van der Waals surface area (Å²) in [5.74, 6) is 1.78. The molecule has 0 amide bonds. The maximum atomic E-state index is 6.63. The van der Waals surface area contributed by atoms with Gasteiger partial charge in [0.1, 0.15) is 11.5 Å². The van der Waals surface area contributed by atoms with Crippen molar-refractivity contribution in [2.24, 2.45) is 0 Å². The third kappa shape index (κ3) is 2.85. The molecule has 3 aliphatic heterocycles. The van der Waals surface area contributed by atoms with Gasteiger partial charge < -0.3 is 19.8 Å². The number of nitrogens with one attached hydrogen (secondary N) is 1. The van der Waals surface area contributed by atoms with E-state index in [-0.39, 0.29) is 11.8 Å². The molecule has 1 saturated heterocycles. The monoisotopic (exact) mass is 397 g/mol. The van der Waals surface area contributed by atoms with Gasteiger partial charge in [-0.2, -0.15) is 5.01 Å². The minimum Gasteiger partial charge on any atom is -0.497 e. The van der Waals surface area contributed by atoms with Crippen molar-refractivity contribution in [1.29, 1.82) is 0 Å². The van der Waals surface area contributed by atoms with Crippen LogP contribution in [0.5, 0.6) is 11.5 Å². The molecule has 1 atom stereocenters. The Bertz CT molecular complexity index is 937. The third-order valence-electron chi connectivity index (χ3n) is 6.02. The molecule has 0 saturated carbocycles. The second-order valence-electron chi connectivity index (χ2n) is 7.77. The molecule has 3 heterocycles. The fraction of sp³-hybridized carbons (Fsp3) is 0.364. The first-order chi connectivity index (χ1) is 13.6. The zero-order chi connectivity index (χ0) is 19.3. The standard InChI is InChI=1S/C22H24ClN3O2/c1-25-10-8-22(9-11-25)26-20(18-13-16(23)6-7-21(18)28-22)14-19(24-26)15-4-3-5-17(12-15)27-2/h3-7,12-14,20,24H,8-11H2,1-2H3. The van der Waals surface area contributed by atoms with Crippen molar-refractivity contribution < 1.29 is 9.47 Å². The van der Waals surface area contributed by atoms with Gasteiger partial charge >= 0.3 is 0 Å². The van der Waals surface area contributed by atoms with E-state index in [2.05, 4.69) is 40.6 Å². The number of fused-ring (bicyclic) bond motifs is 4. The quantitative estimate of drug-likeness (QED) is 0.826. The summed E-state index contributed by atoms with van der Waals surface area (Å²) in [6, 6.07) is 14.1. The Hall–Kier alpha value is -2.21. The van der Waals surface area contributed by atoms with E-state index in [1.54, 1.807) is 7.11 Å². The van der Waals surface area contributed by atoms with Crippen molar-refractivity contribution in [3.05, 3.63) is 64.7 Å². The lowest BCUT2D eigenvalue weighted by molar-refractivity contribution is -0.157. The first-order valence-corrected chi connectivity index (χ1v) is 10.0. The molecule has 2 aromatic rings. The van der Waals surface area contributed by atoms with E-state index in [1.165, 1.54) is 0 Å². The fourth-order valence-electron chi connectivity index (χ4n) is 4.41. The number of piperidine rings is 1. The smallest absolute Gasteiger partial charge is 0.182 e. The number of halogens is 1. The van der Waals surface area contributed by atoms with Gasteiger partial charge in [-0.3, -0.25) is 0 Å². The average Bonchev–Trinajstić information content (AvgIpc) is 3.18. The van der Waals surface area contributed by atoms with E-state index in [1.807, 2.05) is 30.3 Å². The van der Waals surface area contributed by atoms with Gasteiger partial charge in [0.15, 0.2) is 5.72 Å². The maximum absolute atomic E-state index is 6.63. The summed E-state index contributed by atoms with van der Waals surface area (Å²) in [4.78, 5) is 2.35. The summed E-state index contributed by atoms with van der Waals surface area (Å²) >= 11 is 6.32. The number of methoxy groups -OCH3 is 1. The van der Waals surface area contributed by atoms with Crippen LogP contribution < -0.4 is 14.9 Å². The number of likely N-dealkylation sites (tertiary alicyclic amines) is 1. The lowest BCUT2D eigenvalue weighted by Crippen LogP contribution is -2.63. The normalized spacial score (nSPS) is 23.4. The van der Waals surface area contributed by atoms with Crippen molar-refractivity contribution in [3.8, 4) is 11.5 Å². The molecule has 0 aliphatic carbocycles. The number of benzene rings is 2. The van der Waals surface area contributed by atoms with Crippen molar-refractivity contribution >= 4 is 17.3 Å². The van der Waals surface area contributed by atoms with Crippen LogP contribution in [-0.4, -0.2) is 42.9 Å². The summed E-state index contributed by atoms with van der Waals surface area (Å²) in [5, 5.41) is 3.01. The van der Waals surface area contributed by atoms with Crippen LogP contribution in [0, 0.1) is 0 Å². The van der Waals surface area contributed by atoms with Crippen LogP contribution in [0.15, 0.2) is 48.5 Å². The van der Waals surface area contributed by atoms with Crippen LogP contribution in [0.2, 0.25) is 5.02 Å². The van der Waals surface area contributed by atoms with Gasteiger partial charge in [-0.05, 0) is 43.5 Å². The van der Waals surface area contributed by atoms with Crippen LogP contribution in [0.4, 0.5) is 0 Å². The topological polar surface area (TPSA) is 37.0 Å². The largest absolute Gasteiger partial charge is 0.497 e. The first-order valence-electron chi connectivity index (χ1n) is 9.67. The number of hydrogen-bond acceptors (Lipinski definition) is 5. The minimum absolute atomic E-state index is 0.0760. The van der Waals surface area contributed by atoms with Crippen molar-refractivity contribution in [2.75, 3.05) is 27.2 Å². The van der Waals surface area contributed by atoms with Crippen molar-refractivity contribution in [2.45, 2.75) is 24.6 Å². The molecule has 1 spiro atoms. The van der Waals surface area contributed by atoms with E-state index < -0.39 is 0 Å². The second kappa shape index (κ2) is 6.69. The lowest BCUT2D eigenvalue weighted by Gasteiger charge is -2.51. The van der Waals surface area contributed by atoms with Gasteiger partial charge in [-0.1, -0.05) is 23.7 Å². The molecule has 28 heavy (non-hydrogen) atoms. The molecular formula is C22H24ClN3O2. The SMILES string of the molecule is COc1cccc(C2=CC3c4cc(Cl)ccc4OC4(CCN(C)CC4)N3N2)c1. The number of hydrogen-bond donors (Lipinski definition) is 1. The maximum Gasteiger partial charge on any atom is 0.182 e. The average molecular weight is 398 g/mol. The second-order valence-corrected chi connectivity index (χ2v) is 8.21. The summed E-state index contributed by atoms with van der Waals surface area (Å²) in [7, 11) is 3.86. The Balaban J connectivity index is 1.58. The molecular weight excluding hydrogens is 374 g/mol. The number of hydrazine groups is 1. The van der Waals surface area contributed by atoms with Gasteiger partial charge in [0.2, 0.25) is 0 Å². The van der Waals surface area contributed by atoms with E-state index in [9.17, 15) is 0 Å². The highest BCUT2D eigenvalue weighted by Gasteiger charge is 2.51. The Morgan fingerprint density at radius 3 is 2.79 bits per heavy atom. The highest BCUT2D eigenvalue weighted by Crippen LogP contribution is 2.49. The molecule has 2 aromatic carbocycles. The summed E-state index contributed by atoms with van der Waals surface area (Å²) < 4.78 is 12.0. The Kier molecular flexibility index (Phi) is 4.27. The molecule has 1 N–H and O–H groups in total. The van der Waals surface area contributed by atoms with Gasteiger partial charge in [0, 0.05) is 42.1 Å². The predicted molar refractivity (Wildman–Crippen MR) is 110 cm³/mol. The highest BCUT2D eigenvalue weighted by molar-refractivity contribution is 6.30. The van der Waals surface area contributed by atoms with E-state index in [0.29, 0.717) is 0 Å². The molecule has 5 nitrogen and oxygen atoms in total. The molecule has 0 aromatic heterocycles. The summed E-state index contributed by atoms with van der Waals surface area (Å²) in [5.41, 5.74) is 6.55. The molecule has 0 bridgehead atoms. The highest BCUT2D eigenvalue weighted by atomic mass is 35.5. The van der Waals surface area contributed by atoms with Crippen molar-refractivity contribution in [1.82, 2.24) is 15.3 Å². The zero-order valence-electron chi connectivity index (χ0n) is 16.1. The number of nitrogens with zero attached hydrogens (tertiary/aromatic N) is 2. The minimum atomic E-state index is -0.366. The van der Waals surface area contributed by atoms with E-state index >= 15 is 0 Å². The van der Waals surface area contributed by atoms with Crippen LogP contribution >= 0.6 is 11.6 Å². The molecule has 1 fully saturated rings. The molecule has 5 rings (SSSR count). The lowest BCUT2D eigenvalue weighted by atomic mass is 9.93. The van der Waals surface area contributed by atoms with Crippen molar-refractivity contribution in [3.63, 3.8) is 0 Å². The molecule has 6 heteroatoms. The molecule has 3 aliphatic rings. The van der Waals surface area contributed by atoms with Crippen LogP contribution in [-0.2, 0) is 0 Å². The van der Waals surface area contributed by atoms with Gasteiger partial charge in [0.25, 0.3) is 0 Å². The Morgan fingerprint density at radius 1 is 1.18 bits per heavy atom. The van der Waals surface area contributed by atoms with Crippen LogP contribution in [0.25, 0.3) is 5.70 Å². The zero-order valence-corrected chi connectivity index (χ0v) is 16.9. The first kappa shape index (κ1) is 17.9. The molecule has 0 radical (unpaired) electrons. The Morgan fingerprint density at radius 2 is 2.00 bits per heavy atom. The van der Waals surface area contributed by atoms with E-state index in [4.69, 9.17) is 21.1 Å². The van der Waals surface area contributed by atoms with E-state index in [0.717, 1.165) is 59.3 Å². The van der Waals surface area contributed by atoms with Gasteiger partial charge in [0.05, 0.1) is 18.8 Å². The molecule has 146 valence electrons. The third-order valence-corrected chi connectivity index (χ3v) is 6.26. The Labute approximate surface area is 170 Å². The van der Waals surface area contributed by atoms with Crippen LogP contribution in [0.3, 0.4) is 0 Å². The predicted octanol–water partition coefficient (Wildman–Crippen LogP) is 4.07. The number of ether oxygens (including phenoxy) is 2. The fourth-order valence-corrected chi connectivity index (χ4v) is 4.59. The number of rotatable bonds is 2. The summed E-state index contributed by atoms with van der Waals surface area (Å²) in [6.45, 7) is 2.00. The summed E-state index contributed by atoms with van der Waals surface area (Å²) in [6.07, 6.45) is 4.15. The van der Waals surface area contributed by atoms with Crippen LogP contribution in [0.1, 0.15) is 30.0 Å². The van der Waals surface area contributed by atoms with Gasteiger partial charge in [-0.15, -0.1) is 0 Å². The molecule has 1 unspecified atom stereocenters.